The minimum atomic E-state index is -4.67. The molecule has 0 fully saturated rings. The van der Waals surface area contributed by atoms with Crippen LogP contribution < -0.4 is 4.72 Å². The first-order valence-electron chi connectivity index (χ1n) is 7.00. The number of hydrogen-bond acceptors (Lipinski definition) is 8. The molecule has 3 aromatic rings. The second-order valence-electron chi connectivity index (χ2n) is 5.23. The Kier molecular flexibility index (Phi) is 4.62. The molecule has 0 aliphatic rings. The Balaban J connectivity index is 1.85. The van der Waals surface area contributed by atoms with Crippen LogP contribution in [0.15, 0.2) is 26.2 Å². The first-order chi connectivity index (χ1) is 12.1. The van der Waals surface area contributed by atoms with Gasteiger partial charge in [-0.25, -0.2) is 17.8 Å². The minimum absolute atomic E-state index is 0.0665. The summed E-state index contributed by atoms with van der Waals surface area (Å²) < 4.78 is 73.8. The van der Waals surface area contributed by atoms with E-state index in [9.17, 15) is 21.6 Å². The lowest BCUT2D eigenvalue weighted by Crippen LogP contribution is -2.23. The quantitative estimate of drug-likeness (QED) is 0.691. The summed E-state index contributed by atoms with van der Waals surface area (Å²) in [6.45, 7) is 3.01. The van der Waals surface area contributed by atoms with E-state index in [1.54, 1.807) is 6.92 Å². The lowest BCUT2D eigenvalue weighted by atomic mass is 10.3. The first-order valence-corrected chi connectivity index (χ1v) is 9.30. The van der Waals surface area contributed by atoms with Crippen molar-refractivity contribution in [2.24, 2.45) is 0 Å². The van der Waals surface area contributed by atoms with Gasteiger partial charge in [-0.05, 0) is 19.9 Å². The van der Waals surface area contributed by atoms with Crippen molar-refractivity contribution < 1.29 is 30.7 Å². The van der Waals surface area contributed by atoms with E-state index in [0.717, 1.165) is 17.4 Å². The summed E-state index contributed by atoms with van der Waals surface area (Å²) in [7, 11) is -3.92. The maximum Gasteiger partial charge on any atom is 0.452 e. The summed E-state index contributed by atoms with van der Waals surface area (Å²) in [5, 5.41) is 10.5. The highest BCUT2D eigenvalue weighted by Crippen LogP contribution is 2.36. The Morgan fingerprint density at radius 2 is 1.92 bits per heavy atom. The topological polar surface area (TPSA) is 111 Å². The van der Waals surface area contributed by atoms with Crippen molar-refractivity contribution in [1.82, 2.24) is 20.2 Å². The van der Waals surface area contributed by atoms with Crippen LogP contribution in [0.4, 0.5) is 13.2 Å². The summed E-state index contributed by atoms with van der Waals surface area (Å²) in [6.07, 6.45) is -4.67. The van der Waals surface area contributed by atoms with Crippen LogP contribution in [0.25, 0.3) is 10.6 Å². The molecular weight excluding hydrogens is 397 g/mol. The number of nitrogens with one attached hydrogen (secondary N) is 1. The van der Waals surface area contributed by atoms with Crippen LogP contribution in [-0.4, -0.2) is 23.9 Å². The fraction of sp³-hybridized carbons (Fsp3) is 0.308. The molecule has 3 heterocycles. The maximum absolute atomic E-state index is 12.6. The van der Waals surface area contributed by atoms with Gasteiger partial charge in [0.15, 0.2) is 0 Å². The minimum Gasteiger partial charge on any atom is -0.351 e. The van der Waals surface area contributed by atoms with E-state index in [4.69, 9.17) is 0 Å². The van der Waals surface area contributed by atoms with Crippen LogP contribution in [0.5, 0.6) is 0 Å². The molecule has 0 radical (unpaired) electrons. The number of aromatic nitrogens is 3. The number of aryl methyl sites for hydroxylation is 2. The molecule has 3 aromatic heterocycles. The number of rotatable bonds is 5. The second-order valence-corrected chi connectivity index (χ2v) is 8.22. The smallest absolute Gasteiger partial charge is 0.351 e. The molecule has 0 aromatic carbocycles. The predicted octanol–water partition coefficient (Wildman–Crippen LogP) is 2.90. The molecule has 140 valence electrons. The normalized spacial score (nSPS) is 12.7. The van der Waals surface area contributed by atoms with Crippen LogP contribution in [0.1, 0.15) is 22.0 Å². The summed E-state index contributed by atoms with van der Waals surface area (Å²) >= 11 is 0.989. The number of hydrogen-bond donors (Lipinski definition) is 1. The Morgan fingerprint density at radius 1 is 1.19 bits per heavy atom. The van der Waals surface area contributed by atoms with Gasteiger partial charge in [-0.1, -0.05) is 15.5 Å². The highest BCUT2D eigenvalue weighted by molar-refractivity contribution is 7.89. The van der Waals surface area contributed by atoms with Gasteiger partial charge in [0.1, 0.15) is 17.1 Å². The van der Waals surface area contributed by atoms with Crippen LogP contribution >= 0.6 is 11.3 Å². The first kappa shape index (κ1) is 18.5. The number of sulfonamides is 1. The Morgan fingerprint density at radius 3 is 2.50 bits per heavy atom. The van der Waals surface area contributed by atoms with Gasteiger partial charge in [0.2, 0.25) is 15.8 Å². The highest BCUT2D eigenvalue weighted by atomic mass is 32.2. The summed E-state index contributed by atoms with van der Waals surface area (Å²) in [6, 6.07) is 1.97. The zero-order valence-electron chi connectivity index (χ0n) is 13.3. The molecule has 0 atom stereocenters. The van der Waals surface area contributed by atoms with E-state index in [0.29, 0.717) is 16.3 Å². The number of halogens is 3. The standard InChI is InChI=1S/C13H11F3N4O4S2/c1-6-9(20-24-18-6)5-17-26(21,22)11-4-10(25-7(11)2)8-3-12(23-19-8)13(14,15)16/h3-4,17H,5H2,1-2H3. The lowest BCUT2D eigenvalue weighted by molar-refractivity contribution is -0.155. The van der Waals surface area contributed by atoms with Gasteiger partial charge >= 0.3 is 6.18 Å². The van der Waals surface area contributed by atoms with E-state index in [1.165, 1.54) is 13.0 Å². The van der Waals surface area contributed by atoms with Crippen molar-refractivity contribution in [2.75, 3.05) is 0 Å². The third kappa shape index (κ3) is 3.64. The van der Waals surface area contributed by atoms with Gasteiger partial charge in [0.25, 0.3) is 0 Å². The number of alkyl halides is 3. The molecule has 0 spiro atoms. The van der Waals surface area contributed by atoms with Crippen molar-refractivity contribution >= 4 is 21.4 Å². The van der Waals surface area contributed by atoms with E-state index >= 15 is 0 Å². The average Bonchev–Trinajstić information content (AvgIpc) is 3.23. The Bertz CT molecular complexity index is 1040. The van der Waals surface area contributed by atoms with Crippen molar-refractivity contribution in [3.63, 3.8) is 0 Å². The van der Waals surface area contributed by atoms with Gasteiger partial charge in [0, 0.05) is 10.9 Å². The molecule has 0 unspecified atom stereocenters. The van der Waals surface area contributed by atoms with E-state index in [1.807, 2.05) is 0 Å². The van der Waals surface area contributed by atoms with Gasteiger partial charge < -0.3 is 4.52 Å². The largest absolute Gasteiger partial charge is 0.452 e. The molecule has 8 nitrogen and oxygen atoms in total. The van der Waals surface area contributed by atoms with Gasteiger partial charge in [0.05, 0.1) is 16.3 Å². The summed E-state index contributed by atoms with van der Waals surface area (Å²) in [5.41, 5.74) is 0.675. The summed E-state index contributed by atoms with van der Waals surface area (Å²) in [5.74, 6) is -1.25. The fourth-order valence-corrected chi connectivity index (χ4v) is 4.56. The molecule has 26 heavy (non-hydrogen) atoms. The Labute approximate surface area is 149 Å². The van der Waals surface area contributed by atoms with Crippen LogP contribution in [0.3, 0.4) is 0 Å². The van der Waals surface area contributed by atoms with E-state index < -0.39 is 22.0 Å². The monoisotopic (exact) mass is 408 g/mol. The van der Waals surface area contributed by atoms with Gasteiger partial charge in [-0.2, -0.15) is 13.2 Å². The van der Waals surface area contributed by atoms with Crippen molar-refractivity contribution in [3.8, 4) is 10.6 Å². The van der Waals surface area contributed by atoms with Gasteiger partial charge in [-0.15, -0.1) is 11.3 Å². The van der Waals surface area contributed by atoms with Crippen molar-refractivity contribution in [3.05, 3.63) is 34.2 Å². The van der Waals surface area contributed by atoms with Crippen LogP contribution in [0.2, 0.25) is 0 Å². The molecule has 1 N–H and O–H groups in total. The van der Waals surface area contributed by atoms with E-state index in [-0.39, 0.29) is 22.0 Å². The molecule has 0 aliphatic carbocycles. The average molecular weight is 408 g/mol. The molecule has 0 bridgehead atoms. The Hall–Kier alpha value is -2.25. The molecule has 0 saturated carbocycles. The van der Waals surface area contributed by atoms with Crippen molar-refractivity contribution in [2.45, 2.75) is 31.5 Å². The maximum atomic E-state index is 12.6. The van der Waals surface area contributed by atoms with Crippen LogP contribution in [0, 0.1) is 13.8 Å². The van der Waals surface area contributed by atoms with Crippen molar-refractivity contribution in [1.29, 1.82) is 0 Å². The molecule has 0 amide bonds. The number of thiophene rings is 1. The second kappa shape index (κ2) is 6.48. The molecular formula is C13H11F3N4O4S2. The molecule has 3 rings (SSSR count). The van der Waals surface area contributed by atoms with Gasteiger partial charge in [-0.3, -0.25) is 0 Å². The van der Waals surface area contributed by atoms with Crippen LogP contribution in [-0.2, 0) is 22.7 Å². The molecule has 0 aliphatic heterocycles. The predicted molar refractivity (Wildman–Crippen MR) is 82.6 cm³/mol. The fourth-order valence-electron chi connectivity index (χ4n) is 2.03. The molecule has 13 heteroatoms. The summed E-state index contributed by atoms with van der Waals surface area (Å²) in [4.78, 5) is 0.559. The SMILES string of the molecule is Cc1nonc1CNS(=O)(=O)c1cc(-c2cc(C(F)(F)F)on2)sc1C. The molecule has 0 saturated heterocycles. The zero-order chi connectivity index (χ0) is 19.1. The number of nitrogens with zero attached hydrogens (tertiary/aromatic N) is 3. The third-order valence-corrected chi connectivity index (χ3v) is 6.11. The zero-order valence-corrected chi connectivity index (χ0v) is 14.9. The lowest BCUT2D eigenvalue weighted by Gasteiger charge is -2.04. The third-order valence-electron chi connectivity index (χ3n) is 3.38. The highest BCUT2D eigenvalue weighted by Gasteiger charge is 2.36. The van der Waals surface area contributed by atoms with E-state index in [2.05, 4.69) is 29.3 Å².